The number of benzene rings is 2. The van der Waals surface area contributed by atoms with Crippen LogP contribution in [0.2, 0.25) is 0 Å². The molecule has 4 heterocycles. The zero-order valence-corrected chi connectivity index (χ0v) is 25.6. The Morgan fingerprint density at radius 1 is 1.18 bits per heavy atom. The van der Waals surface area contributed by atoms with Crippen molar-refractivity contribution in [3.8, 4) is 0 Å². The van der Waals surface area contributed by atoms with E-state index in [-0.39, 0.29) is 30.7 Å². The van der Waals surface area contributed by atoms with Crippen LogP contribution in [0.4, 0.5) is 0 Å². The highest BCUT2D eigenvalue weighted by Crippen LogP contribution is 2.46. The number of aromatic nitrogens is 1. The minimum absolute atomic E-state index is 0.153. The van der Waals surface area contributed by atoms with Crippen molar-refractivity contribution in [3.05, 3.63) is 71.4 Å². The van der Waals surface area contributed by atoms with E-state index in [2.05, 4.69) is 53.6 Å². The van der Waals surface area contributed by atoms with Crippen LogP contribution in [0, 0.1) is 0 Å². The minimum Gasteiger partial charge on any atom is -0.361 e. The first kappa shape index (κ1) is 29.0. The number of hydrogen-bond acceptors (Lipinski definition) is 6. The number of fused-ring (bicyclic) bond motifs is 3. The molecule has 3 N–H and O–H groups in total. The molecule has 0 spiro atoms. The van der Waals surface area contributed by atoms with Crippen molar-refractivity contribution in [2.24, 2.45) is 0 Å². The number of nitrogens with zero attached hydrogens (tertiary/aromatic N) is 3. The molecule has 10 heteroatoms. The number of piperazine rings is 1. The van der Waals surface area contributed by atoms with Crippen LogP contribution in [-0.2, 0) is 32.0 Å². The van der Waals surface area contributed by atoms with E-state index in [0.29, 0.717) is 31.8 Å². The van der Waals surface area contributed by atoms with Gasteiger partial charge in [0.2, 0.25) is 17.5 Å². The van der Waals surface area contributed by atoms with Gasteiger partial charge in [0.05, 0.1) is 0 Å². The van der Waals surface area contributed by atoms with Gasteiger partial charge in [0.25, 0.3) is 11.8 Å². The van der Waals surface area contributed by atoms with Crippen molar-refractivity contribution in [2.45, 2.75) is 88.1 Å². The molecule has 232 valence electrons. The van der Waals surface area contributed by atoms with Crippen LogP contribution in [0.5, 0.6) is 0 Å². The lowest BCUT2D eigenvalue weighted by atomic mass is 9.78. The molecule has 0 bridgehead atoms. The Kier molecular flexibility index (Phi) is 7.06. The Balaban J connectivity index is 1.07. The standard InChI is InChI=1S/C34H41N5O5/c1-4-23-24-12-8-13-25-30(24)22(20-35-25)19-26(23)37(3)17-15-29(40)36-33(2)32(42)39-27(18-21-10-6-5-7-11-21)31(41)38-16-9-14-28(38)34(39,43)44-33/h5-8,10-13,20,23,26-28,35,43H,4,9,14-19H2,1-3H3,(H,36,40)/t23?,26?,27-,28?,33+,34-/m0/s1. The molecule has 3 unspecified atom stereocenters. The predicted octanol–water partition coefficient (Wildman–Crippen LogP) is 2.86. The Bertz CT molecular complexity index is 1610. The number of ether oxygens (including phenoxy) is 1. The van der Waals surface area contributed by atoms with Gasteiger partial charge in [0.1, 0.15) is 12.1 Å². The first-order valence-electron chi connectivity index (χ1n) is 15.9. The van der Waals surface area contributed by atoms with E-state index >= 15 is 0 Å². The molecule has 2 aromatic carbocycles. The van der Waals surface area contributed by atoms with Crippen molar-refractivity contribution < 1.29 is 24.2 Å². The number of aliphatic hydroxyl groups is 1. The maximum Gasteiger partial charge on any atom is 0.280 e. The summed E-state index contributed by atoms with van der Waals surface area (Å²) in [6, 6.07) is 14.5. The molecular formula is C34H41N5O5. The molecule has 3 saturated heterocycles. The van der Waals surface area contributed by atoms with Crippen molar-refractivity contribution in [2.75, 3.05) is 20.1 Å². The molecule has 1 aromatic heterocycles. The van der Waals surface area contributed by atoms with Crippen LogP contribution in [0.15, 0.2) is 54.7 Å². The third kappa shape index (κ3) is 4.45. The number of carbonyl (C=O) groups excluding carboxylic acids is 3. The predicted molar refractivity (Wildman–Crippen MR) is 164 cm³/mol. The van der Waals surface area contributed by atoms with Gasteiger partial charge < -0.3 is 25.2 Å². The van der Waals surface area contributed by atoms with E-state index in [4.69, 9.17) is 4.74 Å². The number of amides is 3. The quantitative estimate of drug-likeness (QED) is 0.367. The smallest absolute Gasteiger partial charge is 0.280 e. The van der Waals surface area contributed by atoms with Gasteiger partial charge in [0.15, 0.2) is 0 Å². The molecule has 3 aromatic rings. The molecule has 3 amide bonds. The highest BCUT2D eigenvalue weighted by atomic mass is 16.7. The monoisotopic (exact) mass is 599 g/mol. The lowest BCUT2D eigenvalue weighted by molar-refractivity contribution is -0.315. The minimum atomic E-state index is -2.02. The molecule has 0 saturated carbocycles. The van der Waals surface area contributed by atoms with E-state index in [1.54, 1.807) is 4.90 Å². The first-order valence-corrected chi connectivity index (χ1v) is 15.9. The van der Waals surface area contributed by atoms with E-state index < -0.39 is 29.6 Å². The first-order chi connectivity index (χ1) is 21.1. The Hall–Kier alpha value is -3.73. The van der Waals surface area contributed by atoms with Crippen molar-refractivity contribution in [1.29, 1.82) is 0 Å². The summed E-state index contributed by atoms with van der Waals surface area (Å²) in [7, 11) is 2.05. The van der Waals surface area contributed by atoms with E-state index in [9.17, 15) is 19.5 Å². The summed E-state index contributed by atoms with van der Waals surface area (Å²) in [5.41, 5.74) is 2.87. The Morgan fingerprint density at radius 2 is 1.98 bits per heavy atom. The fourth-order valence-electron chi connectivity index (χ4n) is 8.24. The molecule has 0 radical (unpaired) electrons. The molecule has 6 atom stereocenters. The van der Waals surface area contributed by atoms with Crippen molar-refractivity contribution in [1.82, 2.24) is 25.0 Å². The van der Waals surface area contributed by atoms with Gasteiger partial charge in [0, 0.05) is 55.0 Å². The van der Waals surface area contributed by atoms with Gasteiger partial charge in [-0.15, -0.1) is 0 Å². The van der Waals surface area contributed by atoms with Crippen LogP contribution in [0.25, 0.3) is 10.9 Å². The maximum absolute atomic E-state index is 14.0. The SMILES string of the molecule is CCC1c2cccc3[nH]cc(c23)CC1N(C)CCC(=O)N[C@]1(C)O[C@@]2(O)C3CCCN3C(=O)[C@H](Cc3ccccc3)N2C1=O. The number of likely N-dealkylation sites (N-methyl/N-ethyl adjacent to an activating group) is 1. The summed E-state index contributed by atoms with van der Waals surface area (Å²) in [6.45, 7) is 4.68. The van der Waals surface area contributed by atoms with Crippen molar-refractivity contribution >= 4 is 28.6 Å². The maximum atomic E-state index is 14.0. The number of carbonyl (C=O) groups is 3. The molecule has 44 heavy (non-hydrogen) atoms. The normalized spacial score (nSPS) is 31.1. The zero-order valence-electron chi connectivity index (χ0n) is 25.6. The van der Waals surface area contributed by atoms with E-state index in [1.165, 1.54) is 28.3 Å². The molecular weight excluding hydrogens is 558 g/mol. The molecule has 4 aliphatic rings. The summed E-state index contributed by atoms with van der Waals surface area (Å²) in [4.78, 5) is 49.6. The topological polar surface area (TPSA) is 118 Å². The van der Waals surface area contributed by atoms with Crippen LogP contribution in [0.1, 0.15) is 62.1 Å². The lowest BCUT2D eigenvalue weighted by Crippen LogP contribution is -2.71. The summed E-state index contributed by atoms with van der Waals surface area (Å²) >= 11 is 0. The molecule has 3 fully saturated rings. The number of hydrogen-bond donors (Lipinski definition) is 3. The third-order valence-electron chi connectivity index (χ3n) is 10.4. The second kappa shape index (κ2) is 10.7. The third-order valence-corrected chi connectivity index (χ3v) is 10.4. The summed E-state index contributed by atoms with van der Waals surface area (Å²) in [5, 5.41) is 16.1. The summed E-state index contributed by atoms with van der Waals surface area (Å²) < 4.78 is 6.16. The Morgan fingerprint density at radius 3 is 2.75 bits per heavy atom. The van der Waals surface area contributed by atoms with Crippen molar-refractivity contribution in [3.63, 3.8) is 0 Å². The molecule has 1 aliphatic carbocycles. The average Bonchev–Trinajstić information content (AvgIpc) is 3.72. The fourth-order valence-corrected chi connectivity index (χ4v) is 8.24. The van der Waals surface area contributed by atoms with Gasteiger partial charge in [-0.3, -0.25) is 24.0 Å². The van der Waals surface area contributed by atoms with Gasteiger partial charge in [-0.2, -0.15) is 0 Å². The number of H-pyrrole nitrogens is 1. The van der Waals surface area contributed by atoms with Gasteiger partial charge >= 0.3 is 0 Å². The number of nitrogens with one attached hydrogen (secondary N) is 2. The second-order valence-electron chi connectivity index (χ2n) is 13.0. The second-order valence-corrected chi connectivity index (χ2v) is 13.0. The summed E-state index contributed by atoms with van der Waals surface area (Å²) in [5.74, 6) is -2.83. The largest absolute Gasteiger partial charge is 0.361 e. The van der Waals surface area contributed by atoms with Gasteiger partial charge in [-0.1, -0.05) is 49.4 Å². The fraction of sp³-hybridized carbons (Fsp3) is 0.500. The van der Waals surface area contributed by atoms with E-state index in [1.807, 2.05) is 30.3 Å². The lowest BCUT2D eigenvalue weighted by Gasteiger charge is -2.48. The van der Waals surface area contributed by atoms with Gasteiger partial charge in [-0.05, 0) is 62.4 Å². The van der Waals surface area contributed by atoms with Crippen LogP contribution < -0.4 is 5.32 Å². The zero-order chi connectivity index (χ0) is 30.8. The highest BCUT2D eigenvalue weighted by molar-refractivity contribution is 5.97. The van der Waals surface area contributed by atoms with Crippen LogP contribution >= 0.6 is 0 Å². The van der Waals surface area contributed by atoms with E-state index in [0.717, 1.165) is 23.9 Å². The molecule has 10 nitrogen and oxygen atoms in total. The van der Waals surface area contributed by atoms with Crippen LogP contribution in [0.3, 0.4) is 0 Å². The highest BCUT2D eigenvalue weighted by Gasteiger charge is 2.69. The van der Waals surface area contributed by atoms with Crippen LogP contribution in [-0.4, -0.2) is 92.4 Å². The van der Waals surface area contributed by atoms with Gasteiger partial charge in [-0.25, -0.2) is 0 Å². The number of rotatable bonds is 8. The number of aromatic amines is 1. The molecule has 3 aliphatic heterocycles. The Labute approximate surface area is 257 Å². The average molecular weight is 600 g/mol. The summed E-state index contributed by atoms with van der Waals surface area (Å²) in [6.07, 6.45) is 5.58. The molecule has 7 rings (SSSR count).